The van der Waals surface area contributed by atoms with Gasteiger partial charge in [-0.2, -0.15) is 0 Å². The van der Waals surface area contributed by atoms with E-state index in [0.29, 0.717) is 24.3 Å². The summed E-state index contributed by atoms with van der Waals surface area (Å²) in [5.41, 5.74) is 1.24. The minimum Gasteiger partial charge on any atom is -0.335 e. The maximum Gasteiger partial charge on any atom is 0.223 e. The van der Waals surface area contributed by atoms with Gasteiger partial charge < -0.3 is 10.2 Å². The van der Waals surface area contributed by atoms with E-state index in [1.807, 2.05) is 6.07 Å². The number of hydrogen-bond donors (Lipinski definition) is 1. The summed E-state index contributed by atoms with van der Waals surface area (Å²) in [6.45, 7) is 5.20. The fraction of sp³-hybridized carbons (Fsp3) is 0.632. The van der Waals surface area contributed by atoms with Gasteiger partial charge in [-0.3, -0.25) is 4.79 Å². The van der Waals surface area contributed by atoms with Gasteiger partial charge in [0, 0.05) is 19.0 Å². The van der Waals surface area contributed by atoms with Crippen molar-refractivity contribution in [2.75, 3.05) is 13.1 Å². The van der Waals surface area contributed by atoms with Crippen LogP contribution < -0.4 is 5.32 Å². The topological polar surface area (TPSA) is 32.3 Å². The van der Waals surface area contributed by atoms with Gasteiger partial charge in [-0.1, -0.05) is 30.3 Å². The highest BCUT2D eigenvalue weighted by Crippen LogP contribution is 2.36. The molecule has 22 heavy (non-hydrogen) atoms. The van der Waals surface area contributed by atoms with Crippen molar-refractivity contribution in [1.82, 2.24) is 10.2 Å². The molecule has 1 aliphatic carbocycles. The molecule has 1 heterocycles. The molecule has 1 aromatic carbocycles. The fourth-order valence-corrected chi connectivity index (χ4v) is 3.50. The van der Waals surface area contributed by atoms with Crippen molar-refractivity contribution in [3.8, 4) is 0 Å². The number of hydrogen-bond acceptors (Lipinski definition) is 2. The molecular formula is C19H28N2O. The number of benzene rings is 1. The molecule has 1 saturated heterocycles. The van der Waals surface area contributed by atoms with Crippen molar-refractivity contribution >= 4 is 5.91 Å². The van der Waals surface area contributed by atoms with Crippen LogP contribution >= 0.6 is 0 Å². The van der Waals surface area contributed by atoms with E-state index < -0.39 is 0 Å². The predicted octanol–water partition coefficient (Wildman–Crippen LogP) is 3.20. The zero-order valence-corrected chi connectivity index (χ0v) is 13.6. The molecule has 0 bridgehead atoms. The van der Waals surface area contributed by atoms with Gasteiger partial charge in [-0.15, -0.1) is 0 Å². The minimum absolute atomic E-state index is 0.343. The van der Waals surface area contributed by atoms with Crippen molar-refractivity contribution in [3.63, 3.8) is 0 Å². The van der Waals surface area contributed by atoms with E-state index >= 15 is 0 Å². The number of nitrogens with one attached hydrogen (secondary N) is 1. The largest absolute Gasteiger partial charge is 0.335 e. The Kier molecular flexibility index (Phi) is 5.14. The molecule has 2 atom stereocenters. The molecule has 0 spiro atoms. The number of carbonyl (C=O) groups is 1. The Labute approximate surface area is 134 Å². The average Bonchev–Trinajstić information content (AvgIpc) is 3.27. The monoisotopic (exact) mass is 300 g/mol. The molecule has 2 fully saturated rings. The van der Waals surface area contributed by atoms with Gasteiger partial charge in [-0.25, -0.2) is 0 Å². The van der Waals surface area contributed by atoms with Crippen LogP contribution in [-0.2, 0) is 11.3 Å². The first-order valence-electron chi connectivity index (χ1n) is 8.78. The average molecular weight is 300 g/mol. The molecule has 3 nitrogen and oxygen atoms in total. The molecule has 120 valence electrons. The van der Waals surface area contributed by atoms with E-state index in [2.05, 4.69) is 41.4 Å². The van der Waals surface area contributed by atoms with Gasteiger partial charge >= 0.3 is 0 Å². The van der Waals surface area contributed by atoms with E-state index in [1.54, 1.807) is 0 Å². The summed E-state index contributed by atoms with van der Waals surface area (Å²) in [7, 11) is 0. The van der Waals surface area contributed by atoms with Crippen molar-refractivity contribution in [1.29, 1.82) is 0 Å². The Balaban J connectivity index is 1.60. The zero-order chi connectivity index (χ0) is 15.4. The zero-order valence-electron chi connectivity index (χ0n) is 13.6. The van der Waals surface area contributed by atoms with Crippen LogP contribution in [0.1, 0.15) is 44.6 Å². The standard InChI is InChI=1S/C19H28N2O/c1-15(18-8-9-18)21(14-17-5-3-2-4-6-17)19(22)10-7-16-11-12-20-13-16/h2-6,15-16,18,20H,7-14H2,1H3. The second kappa shape index (κ2) is 7.28. The first-order valence-corrected chi connectivity index (χ1v) is 8.78. The molecule has 1 N–H and O–H groups in total. The highest BCUT2D eigenvalue weighted by atomic mass is 16.2. The normalized spacial score (nSPS) is 22.5. The molecule has 1 saturated carbocycles. The number of amides is 1. The molecular weight excluding hydrogens is 272 g/mol. The maximum atomic E-state index is 12.8. The molecule has 3 heteroatoms. The van der Waals surface area contributed by atoms with Crippen molar-refractivity contribution in [2.45, 2.75) is 51.6 Å². The molecule has 3 rings (SSSR count). The molecule has 1 aromatic rings. The number of nitrogens with zero attached hydrogens (tertiary/aromatic N) is 1. The lowest BCUT2D eigenvalue weighted by Gasteiger charge is -2.30. The van der Waals surface area contributed by atoms with Gasteiger partial charge in [-0.05, 0) is 63.1 Å². The highest BCUT2D eigenvalue weighted by molar-refractivity contribution is 5.76. The summed E-state index contributed by atoms with van der Waals surface area (Å²) in [4.78, 5) is 14.9. The Bertz CT molecular complexity index is 477. The first-order chi connectivity index (χ1) is 10.7. The number of carbonyl (C=O) groups excluding carboxylic acids is 1. The number of rotatable bonds is 7. The van der Waals surface area contributed by atoms with E-state index in [1.165, 1.54) is 24.8 Å². The summed E-state index contributed by atoms with van der Waals surface area (Å²) in [5.74, 6) is 1.76. The van der Waals surface area contributed by atoms with Crippen LogP contribution in [0.5, 0.6) is 0 Å². The van der Waals surface area contributed by atoms with Crippen molar-refractivity contribution < 1.29 is 4.79 Å². The van der Waals surface area contributed by atoms with E-state index in [-0.39, 0.29) is 0 Å². The summed E-state index contributed by atoms with van der Waals surface area (Å²) < 4.78 is 0. The SMILES string of the molecule is CC(C1CC1)N(Cc1ccccc1)C(=O)CCC1CCNC1. The van der Waals surface area contributed by atoms with Gasteiger partial charge in [0.15, 0.2) is 0 Å². The van der Waals surface area contributed by atoms with Crippen LogP contribution in [0, 0.1) is 11.8 Å². The third kappa shape index (κ3) is 4.10. The molecule has 0 aromatic heterocycles. The van der Waals surface area contributed by atoms with E-state index in [9.17, 15) is 4.79 Å². The lowest BCUT2D eigenvalue weighted by atomic mass is 10.0. The van der Waals surface area contributed by atoms with Crippen LogP contribution in [0.15, 0.2) is 30.3 Å². The smallest absolute Gasteiger partial charge is 0.223 e. The molecule has 1 amide bonds. The molecule has 2 unspecified atom stereocenters. The predicted molar refractivity (Wildman–Crippen MR) is 89.4 cm³/mol. The van der Waals surface area contributed by atoms with Crippen LogP contribution in [0.4, 0.5) is 0 Å². The first kappa shape index (κ1) is 15.5. The van der Waals surface area contributed by atoms with Gasteiger partial charge in [0.2, 0.25) is 5.91 Å². The third-order valence-corrected chi connectivity index (χ3v) is 5.24. The fourth-order valence-electron chi connectivity index (χ4n) is 3.50. The van der Waals surface area contributed by atoms with Crippen LogP contribution in [-0.4, -0.2) is 29.9 Å². The lowest BCUT2D eigenvalue weighted by Crippen LogP contribution is -2.39. The Hall–Kier alpha value is -1.35. The van der Waals surface area contributed by atoms with Crippen LogP contribution in [0.3, 0.4) is 0 Å². The van der Waals surface area contributed by atoms with E-state index in [0.717, 1.165) is 32.0 Å². The lowest BCUT2D eigenvalue weighted by molar-refractivity contribution is -0.134. The Morgan fingerprint density at radius 3 is 2.68 bits per heavy atom. The highest BCUT2D eigenvalue weighted by Gasteiger charge is 2.34. The second-order valence-electron chi connectivity index (χ2n) is 6.98. The van der Waals surface area contributed by atoms with Gasteiger partial charge in [0.05, 0.1) is 0 Å². The quantitative estimate of drug-likeness (QED) is 0.838. The Morgan fingerprint density at radius 2 is 2.05 bits per heavy atom. The van der Waals surface area contributed by atoms with Gasteiger partial charge in [0.25, 0.3) is 0 Å². The maximum absolute atomic E-state index is 12.8. The van der Waals surface area contributed by atoms with Crippen LogP contribution in [0.25, 0.3) is 0 Å². The summed E-state index contributed by atoms with van der Waals surface area (Å²) in [6, 6.07) is 10.8. The third-order valence-electron chi connectivity index (χ3n) is 5.24. The molecule has 2 aliphatic rings. The summed E-state index contributed by atoms with van der Waals surface area (Å²) in [5, 5.41) is 3.39. The Morgan fingerprint density at radius 1 is 1.27 bits per heavy atom. The summed E-state index contributed by atoms with van der Waals surface area (Å²) >= 11 is 0. The minimum atomic E-state index is 0.343. The van der Waals surface area contributed by atoms with Crippen molar-refractivity contribution in [3.05, 3.63) is 35.9 Å². The van der Waals surface area contributed by atoms with Gasteiger partial charge in [0.1, 0.15) is 0 Å². The molecule has 1 aliphatic heterocycles. The molecule has 0 radical (unpaired) electrons. The van der Waals surface area contributed by atoms with Crippen LogP contribution in [0.2, 0.25) is 0 Å². The summed E-state index contributed by atoms with van der Waals surface area (Å²) in [6.07, 6.45) is 5.54. The second-order valence-corrected chi connectivity index (χ2v) is 6.98. The van der Waals surface area contributed by atoms with Crippen molar-refractivity contribution in [2.24, 2.45) is 11.8 Å². The van der Waals surface area contributed by atoms with E-state index in [4.69, 9.17) is 0 Å².